The van der Waals surface area contributed by atoms with Gasteiger partial charge in [0.1, 0.15) is 12.4 Å². The molecule has 0 aliphatic rings. The molecular weight excluding hydrogens is 298 g/mol. The van der Waals surface area contributed by atoms with Gasteiger partial charge in [-0.1, -0.05) is 0 Å². The lowest BCUT2D eigenvalue weighted by Crippen LogP contribution is -2.01. The van der Waals surface area contributed by atoms with Crippen molar-refractivity contribution in [2.24, 2.45) is 0 Å². The summed E-state index contributed by atoms with van der Waals surface area (Å²) in [7, 11) is 0. The summed E-state index contributed by atoms with van der Waals surface area (Å²) < 4.78 is 6.09. The number of halogens is 1. The zero-order valence-corrected chi connectivity index (χ0v) is 11.1. The van der Waals surface area contributed by atoms with Crippen LogP contribution in [0.2, 0.25) is 0 Å². The third kappa shape index (κ3) is 3.68. The molecule has 2 rings (SSSR count). The first-order valence-corrected chi connectivity index (χ1v) is 6.15. The molecule has 0 fully saturated rings. The van der Waals surface area contributed by atoms with Gasteiger partial charge in [-0.3, -0.25) is 0 Å². The molecule has 18 heavy (non-hydrogen) atoms. The molecule has 1 aromatic heterocycles. The predicted octanol–water partition coefficient (Wildman–Crippen LogP) is 2.35. The van der Waals surface area contributed by atoms with Gasteiger partial charge in [0.2, 0.25) is 5.95 Å². The van der Waals surface area contributed by atoms with Crippen LogP contribution >= 0.6 is 15.9 Å². The normalized spacial score (nSPS) is 10.1. The molecule has 94 valence electrons. The fourth-order valence-electron chi connectivity index (χ4n) is 1.30. The first kappa shape index (κ1) is 12.8. The second-order valence-corrected chi connectivity index (χ2v) is 4.36. The van der Waals surface area contributed by atoms with Crippen LogP contribution < -0.4 is 10.1 Å². The Hall–Kier alpha value is -1.66. The number of ether oxygens (including phenoxy) is 1. The second-order valence-electron chi connectivity index (χ2n) is 3.45. The topological polar surface area (TPSA) is 67.3 Å². The van der Waals surface area contributed by atoms with E-state index in [1.807, 2.05) is 24.3 Å². The van der Waals surface area contributed by atoms with Crippen molar-refractivity contribution in [2.75, 3.05) is 18.5 Å². The maximum Gasteiger partial charge on any atom is 0.227 e. The number of aromatic nitrogens is 2. The molecule has 0 atom stereocenters. The Labute approximate surface area is 113 Å². The molecule has 0 unspecified atom stereocenters. The molecule has 2 aromatic rings. The molecule has 6 heteroatoms. The summed E-state index contributed by atoms with van der Waals surface area (Å²) in [5.74, 6) is 1.24. The number of benzene rings is 1. The minimum atomic E-state index is 0.00668. The van der Waals surface area contributed by atoms with Gasteiger partial charge < -0.3 is 15.2 Å². The smallest absolute Gasteiger partial charge is 0.227 e. The second kappa shape index (κ2) is 6.32. The summed E-state index contributed by atoms with van der Waals surface area (Å²) in [6.45, 7) is 0.301. The van der Waals surface area contributed by atoms with Crippen LogP contribution in [0.4, 0.5) is 11.6 Å². The largest absolute Gasteiger partial charge is 0.491 e. The third-order valence-electron chi connectivity index (χ3n) is 2.09. The highest BCUT2D eigenvalue weighted by molar-refractivity contribution is 9.10. The lowest BCUT2D eigenvalue weighted by molar-refractivity contribution is 0.201. The number of nitrogens with zero attached hydrogens (tertiary/aromatic N) is 2. The highest BCUT2D eigenvalue weighted by atomic mass is 79.9. The quantitative estimate of drug-likeness (QED) is 0.887. The van der Waals surface area contributed by atoms with Crippen molar-refractivity contribution in [3.8, 4) is 5.75 Å². The lowest BCUT2D eigenvalue weighted by Gasteiger charge is -2.07. The molecule has 1 heterocycles. The highest BCUT2D eigenvalue weighted by Crippen LogP contribution is 2.18. The van der Waals surface area contributed by atoms with Crippen LogP contribution in [-0.4, -0.2) is 28.3 Å². The molecule has 5 nitrogen and oxygen atoms in total. The van der Waals surface area contributed by atoms with Crippen LogP contribution in [0.3, 0.4) is 0 Å². The molecule has 0 spiro atoms. The minimum absolute atomic E-state index is 0.00668. The molecule has 1 aromatic carbocycles. The minimum Gasteiger partial charge on any atom is -0.491 e. The van der Waals surface area contributed by atoms with Gasteiger partial charge in [0.15, 0.2) is 0 Å². The number of anilines is 2. The van der Waals surface area contributed by atoms with Crippen molar-refractivity contribution in [3.63, 3.8) is 0 Å². The van der Waals surface area contributed by atoms with Crippen molar-refractivity contribution >= 4 is 27.6 Å². The van der Waals surface area contributed by atoms with E-state index in [1.54, 1.807) is 12.4 Å². The maximum atomic E-state index is 8.64. The lowest BCUT2D eigenvalue weighted by atomic mass is 10.3. The summed E-state index contributed by atoms with van der Waals surface area (Å²) in [6.07, 6.45) is 3.35. The standard InChI is InChI=1S/C12H12BrN3O2/c13-9-7-14-12(15-8-9)16-10-1-3-11(4-2-10)18-6-5-17/h1-4,7-8,17H,5-6H2,(H,14,15,16). The fraction of sp³-hybridized carbons (Fsp3) is 0.167. The van der Waals surface area contributed by atoms with Crippen molar-refractivity contribution in [1.82, 2.24) is 9.97 Å². The number of nitrogens with one attached hydrogen (secondary N) is 1. The summed E-state index contributed by atoms with van der Waals surface area (Å²) in [5.41, 5.74) is 0.869. The van der Waals surface area contributed by atoms with E-state index in [0.717, 1.165) is 10.2 Å². The Morgan fingerprint density at radius 1 is 1.17 bits per heavy atom. The van der Waals surface area contributed by atoms with Crippen molar-refractivity contribution in [3.05, 3.63) is 41.1 Å². The van der Waals surface area contributed by atoms with Gasteiger partial charge in [0.05, 0.1) is 11.1 Å². The number of aliphatic hydroxyl groups is 1. The van der Waals surface area contributed by atoms with Crippen molar-refractivity contribution < 1.29 is 9.84 Å². The fourth-order valence-corrected chi connectivity index (χ4v) is 1.51. The Morgan fingerprint density at radius 3 is 2.44 bits per heavy atom. The average molecular weight is 310 g/mol. The van der Waals surface area contributed by atoms with Gasteiger partial charge in [0.25, 0.3) is 0 Å². The van der Waals surface area contributed by atoms with Crippen LogP contribution in [0.25, 0.3) is 0 Å². The molecule has 2 N–H and O–H groups in total. The van der Waals surface area contributed by atoms with Gasteiger partial charge >= 0.3 is 0 Å². The Morgan fingerprint density at radius 2 is 1.83 bits per heavy atom. The van der Waals surface area contributed by atoms with Gasteiger partial charge in [-0.05, 0) is 40.2 Å². The van der Waals surface area contributed by atoms with E-state index >= 15 is 0 Å². The van der Waals surface area contributed by atoms with Gasteiger partial charge in [-0.15, -0.1) is 0 Å². The first-order chi connectivity index (χ1) is 8.78. The Kier molecular flexibility index (Phi) is 4.49. The Bertz CT molecular complexity index is 488. The molecule has 0 aliphatic carbocycles. The summed E-state index contributed by atoms with van der Waals surface area (Å²) >= 11 is 3.27. The van der Waals surface area contributed by atoms with Crippen molar-refractivity contribution in [1.29, 1.82) is 0 Å². The predicted molar refractivity (Wildman–Crippen MR) is 72.0 cm³/mol. The zero-order valence-electron chi connectivity index (χ0n) is 9.51. The summed E-state index contributed by atoms with van der Waals surface area (Å²) in [4.78, 5) is 8.22. The van der Waals surface area contributed by atoms with Gasteiger partial charge in [-0.25, -0.2) is 9.97 Å². The molecule has 0 saturated carbocycles. The Balaban J connectivity index is 1.99. The number of aliphatic hydroxyl groups excluding tert-OH is 1. The molecule has 0 radical (unpaired) electrons. The van der Waals surface area contributed by atoms with Gasteiger partial charge in [0, 0.05) is 18.1 Å². The van der Waals surface area contributed by atoms with E-state index in [0.29, 0.717) is 18.3 Å². The molecular formula is C12H12BrN3O2. The van der Waals surface area contributed by atoms with Crippen LogP contribution in [0.1, 0.15) is 0 Å². The molecule has 0 amide bonds. The molecule has 0 bridgehead atoms. The highest BCUT2D eigenvalue weighted by Gasteiger charge is 1.98. The summed E-state index contributed by atoms with van der Waals surface area (Å²) in [6, 6.07) is 7.35. The van der Waals surface area contributed by atoms with Crippen LogP contribution in [-0.2, 0) is 0 Å². The van der Waals surface area contributed by atoms with E-state index < -0.39 is 0 Å². The van der Waals surface area contributed by atoms with E-state index in [9.17, 15) is 0 Å². The monoisotopic (exact) mass is 309 g/mol. The van der Waals surface area contributed by atoms with E-state index in [4.69, 9.17) is 9.84 Å². The van der Waals surface area contributed by atoms with Crippen LogP contribution in [0, 0.1) is 0 Å². The SMILES string of the molecule is OCCOc1ccc(Nc2ncc(Br)cn2)cc1. The van der Waals surface area contributed by atoms with Crippen LogP contribution in [0.15, 0.2) is 41.1 Å². The first-order valence-electron chi connectivity index (χ1n) is 5.36. The third-order valence-corrected chi connectivity index (χ3v) is 2.50. The van der Waals surface area contributed by atoms with E-state index in [-0.39, 0.29) is 6.61 Å². The number of rotatable bonds is 5. The van der Waals surface area contributed by atoms with Crippen LogP contribution in [0.5, 0.6) is 5.75 Å². The van der Waals surface area contributed by atoms with Gasteiger partial charge in [-0.2, -0.15) is 0 Å². The van der Waals surface area contributed by atoms with E-state index in [1.165, 1.54) is 0 Å². The number of hydrogen-bond acceptors (Lipinski definition) is 5. The molecule has 0 aliphatic heterocycles. The molecule has 0 saturated heterocycles. The average Bonchev–Trinajstić information content (AvgIpc) is 2.41. The maximum absolute atomic E-state index is 8.64. The van der Waals surface area contributed by atoms with Crippen molar-refractivity contribution in [2.45, 2.75) is 0 Å². The summed E-state index contributed by atoms with van der Waals surface area (Å²) in [5, 5.41) is 11.7. The number of hydrogen-bond donors (Lipinski definition) is 2. The zero-order chi connectivity index (χ0) is 12.8. The van der Waals surface area contributed by atoms with E-state index in [2.05, 4.69) is 31.2 Å².